The second kappa shape index (κ2) is 8.73. The molecule has 5 rings (SSSR count). The van der Waals surface area contributed by atoms with Gasteiger partial charge in [-0.15, -0.1) is 0 Å². The lowest BCUT2D eigenvalue weighted by Gasteiger charge is -2.30. The molecule has 7 nitrogen and oxygen atoms in total. The molecule has 2 aromatic rings. The molecule has 0 amide bonds. The van der Waals surface area contributed by atoms with Crippen molar-refractivity contribution in [2.45, 2.75) is 56.6 Å². The molecule has 158 valence electrons. The van der Waals surface area contributed by atoms with Crippen LogP contribution in [0.2, 0.25) is 0 Å². The highest BCUT2D eigenvalue weighted by molar-refractivity contribution is 5.62. The second-order valence-corrected chi connectivity index (χ2v) is 7.83. The molecular weight excluding hydrogens is 386 g/mol. The van der Waals surface area contributed by atoms with Crippen LogP contribution in [0.25, 0.3) is 0 Å². The Hall–Kier alpha value is -2.45. The van der Waals surface area contributed by atoms with Crippen molar-refractivity contribution in [2.75, 3.05) is 6.61 Å². The molecule has 3 fully saturated rings. The van der Waals surface area contributed by atoms with Gasteiger partial charge in [0.25, 0.3) is 6.29 Å². The van der Waals surface area contributed by atoms with Crippen molar-refractivity contribution >= 4 is 6.16 Å². The van der Waals surface area contributed by atoms with Crippen molar-refractivity contribution in [3.8, 4) is 0 Å². The highest BCUT2D eigenvalue weighted by Gasteiger charge is 2.58. The predicted octanol–water partition coefficient (Wildman–Crippen LogP) is 3.43. The Kier molecular flexibility index (Phi) is 5.68. The Labute approximate surface area is 175 Å². The fourth-order valence-corrected chi connectivity index (χ4v) is 4.39. The summed E-state index contributed by atoms with van der Waals surface area (Å²) in [4.78, 5) is 17.3. The Bertz CT molecular complexity index is 847. The first-order valence-electron chi connectivity index (χ1n) is 10.4. The first kappa shape index (κ1) is 19.5. The number of hydrogen-bond acceptors (Lipinski definition) is 7. The first-order valence-corrected chi connectivity index (χ1v) is 10.4. The van der Waals surface area contributed by atoms with Gasteiger partial charge in [0.1, 0.15) is 0 Å². The zero-order valence-electron chi connectivity index (χ0n) is 16.6. The summed E-state index contributed by atoms with van der Waals surface area (Å²) in [6, 6.07) is 20.2. The van der Waals surface area contributed by atoms with E-state index in [2.05, 4.69) is 0 Å². The fraction of sp³-hybridized carbons (Fsp3) is 0.435. The molecule has 0 radical (unpaired) electrons. The van der Waals surface area contributed by atoms with E-state index in [1.54, 1.807) is 0 Å². The van der Waals surface area contributed by atoms with Crippen molar-refractivity contribution < 1.29 is 28.6 Å². The lowest BCUT2D eigenvalue weighted by atomic mass is 10.1. The lowest BCUT2D eigenvalue weighted by Crippen LogP contribution is -2.44. The summed E-state index contributed by atoms with van der Waals surface area (Å²) in [7, 11) is 0. The molecule has 3 aliphatic rings. The smallest absolute Gasteiger partial charge is 0.422 e. The van der Waals surface area contributed by atoms with Crippen LogP contribution in [0.5, 0.6) is 0 Å². The number of rotatable bonds is 8. The number of benzene rings is 2. The molecule has 7 heteroatoms. The summed E-state index contributed by atoms with van der Waals surface area (Å²) in [5, 5.41) is 1.91. The highest BCUT2D eigenvalue weighted by Crippen LogP contribution is 2.41. The largest absolute Gasteiger partial charge is 0.511 e. The third kappa shape index (κ3) is 4.06. The number of hydroxylamine groups is 2. The summed E-state index contributed by atoms with van der Waals surface area (Å²) in [5.41, 5.74) is 2.23. The third-order valence-electron chi connectivity index (χ3n) is 5.86. The van der Waals surface area contributed by atoms with Crippen LogP contribution in [-0.2, 0) is 37.0 Å². The number of nitrogens with zero attached hydrogens (tertiary/aromatic N) is 1. The van der Waals surface area contributed by atoms with Gasteiger partial charge in [-0.3, -0.25) is 0 Å². The van der Waals surface area contributed by atoms with Crippen LogP contribution in [0, 0.1) is 0 Å². The average Bonchev–Trinajstić information content (AvgIpc) is 3.43. The van der Waals surface area contributed by atoms with Gasteiger partial charge in [-0.1, -0.05) is 60.7 Å². The molecule has 5 atom stereocenters. The van der Waals surface area contributed by atoms with Gasteiger partial charge in [0, 0.05) is 0 Å². The van der Waals surface area contributed by atoms with Crippen molar-refractivity contribution in [1.82, 2.24) is 5.06 Å². The summed E-state index contributed by atoms with van der Waals surface area (Å²) in [6.45, 7) is 1.46. The Morgan fingerprint density at radius 3 is 2.37 bits per heavy atom. The molecule has 0 aliphatic carbocycles. The van der Waals surface area contributed by atoms with Crippen LogP contribution in [0.1, 0.15) is 24.0 Å². The summed E-state index contributed by atoms with van der Waals surface area (Å²) in [5.74, 6) is 0. The molecule has 30 heavy (non-hydrogen) atoms. The fourth-order valence-electron chi connectivity index (χ4n) is 4.39. The molecule has 0 saturated carbocycles. The van der Waals surface area contributed by atoms with E-state index >= 15 is 0 Å². The highest BCUT2D eigenvalue weighted by atomic mass is 16.9. The van der Waals surface area contributed by atoms with E-state index in [9.17, 15) is 4.79 Å². The van der Waals surface area contributed by atoms with Gasteiger partial charge in [-0.2, -0.15) is 5.06 Å². The first-order chi connectivity index (χ1) is 14.8. The average molecular weight is 411 g/mol. The van der Waals surface area contributed by atoms with E-state index in [0.29, 0.717) is 19.8 Å². The summed E-state index contributed by atoms with van der Waals surface area (Å²) in [6.07, 6.45) is -0.149. The van der Waals surface area contributed by atoms with Crippen molar-refractivity contribution in [3.63, 3.8) is 0 Å². The Morgan fingerprint density at radius 2 is 1.63 bits per heavy atom. The van der Waals surface area contributed by atoms with Gasteiger partial charge in [-0.05, 0) is 24.0 Å². The molecule has 0 N–H and O–H groups in total. The molecule has 3 aliphatic heterocycles. The number of carbonyl (C=O) groups excluding carboxylic acids is 1. The molecule has 0 aromatic heterocycles. The topological polar surface area (TPSA) is 66.5 Å². The van der Waals surface area contributed by atoms with Crippen molar-refractivity contribution in [2.24, 2.45) is 0 Å². The molecule has 3 saturated heterocycles. The molecule has 2 aromatic carbocycles. The molecule has 0 bridgehead atoms. The number of carbonyl (C=O) groups is 1. The lowest BCUT2D eigenvalue weighted by molar-refractivity contribution is -0.244. The number of fused-ring (bicyclic) bond motifs is 3. The van der Waals surface area contributed by atoms with Crippen LogP contribution >= 0.6 is 0 Å². The molecule has 3 heterocycles. The van der Waals surface area contributed by atoms with Gasteiger partial charge in [0.15, 0.2) is 6.10 Å². The number of hydrogen-bond donors (Lipinski definition) is 0. The number of ether oxygens (including phenoxy) is 4. The Morgan fingerprint density at radius 1 is 0.933 bits per heavy atom. The quantitative estimate of drug-likeness (QED) is 0.617. The van der Waals surface area contributed by atoms with Crippen LogP contribution in [0.4, 0.5) is 4.79 Å². The molecular formula is C23H25NO6. The van der Waals surface area contributed by atoms with Crippen LogP contribution in [0.3, 0.4) is 0 Å². The minimum absolute atomic E-state index is 0.00221. The van der Waals surface area contributed by atoms with Gasteiger partial charge < -0.3 is 18.9 Å². The van der Waals surface area contributed by atoms with Crippen LogP contribution in [0.15, 0.2) is 60.7 Å². The SMILES string of the molecule is O=C1O[C@H]2ON3[C@@H](CC[C@H]3[C@@H](COCc3ccccc3)OCc3ccccc3)[C@H]2O1. The van der Waals surface area contributed by atoms with E-state index in [1.807, 2.05) is 65.7 Å². The monoisotopic (exact) mass is 411 g/mol. The Balaban J connectivity index is 1.25. The maximum atomic E-state index is 11.4. The zero-order valence-corrected chi connectivity index (χ0v) is 16.6. The van der Waals surface area contributed by atoms with Crippen molar-refractivity contribution in [1.29, 1.82) is 0 Å². The normalized spacial score (nSPS) is 28.6. The van der Waals surface area contributed by atoms with Crippen LogP contribution < -0.4 is 0 Å². The van der Waals surface area contributed by atoms with Crippen LogP contribution in [-0.4, -0.2) is 48.4 Å². The van der Waals surface area contributed by atoms with Gasteiger partial charge in [0.2, 0.25) is 0 Å². The van der Waals surface area contributed by atoms with E-state index in [4.69, 9.17) is 23.8 Å². The van der Waals surface area contributed by atoms with Gasteiger partial charge in [-0.25, -0.2) is 9.63 Å². The second-order valence-electron chi connectivity index (χ2n) is 7.83. The maximum absolute atomic E-state index is 11.4. The maximum Gasteiger partial charge on any atom is 0.511 e. The summed E-state index contributed by atoms with van der Waals surface area (Å²) >= 11 is 0. The summed E-state index contributed by atoms with van der Waals surface area (Å²) < 4.78 is 22.7. The van der Waals surface area contributed by atoms with Gasteiger partial charge in [0.05, 0.1) is 38.0 Å². The minimum Gasteiger partial charge on any atom is -0.422 e. The van der Waals surface area contributed by atoms with Gasteiger partial charge >= 0.3 is 6.16 Å². The molecule has 0 unspecified atom stereocenters. The predicted molar refractivity (Wildman–Crippen MR) is 106 cm³/mol. The van der Waals surface area contributed by atoms with E-state index in [-0.39, 0.29) is 24.3 Å². The van der Waals surface area contributed by atoms with E-state index in [0.717, 1.165) is 24.0 Å². The van der Waals surface area contributed by atoms with E-state index < -0.39 is 12.4 Å². The minimum atomic E-state index is -0.662. The third-order valence-corrected chi connectivity index (χ3v) is 5.86. The standard InChI is InChI=1S/C23H25NO6/c25-23-28-21-19-12-11-18(24(19)30-22(21)29-23)20(27-14-17-9-5-2-6-10-17)15-26-13-16-7-3-1-4-8-16/h1-10,18-22H,11-15H2/t18-,19-,20+,21+,22-/m0/s1. The molecule has 0 spiro atoms. The van der Waals surface area contributed by atoms with Crippen molar-refractivity contribution in [3.05, 3.63) is 71.8 Å². The zero-order chi connectivity index (χ0) is 20.3. The van der Waals surface area contributed by atoms with E-state index in [1.165, 1.54) is 0 Å².